The third kappa shape index (κ3) is 4.05. The molecule has 0 radical (unpaired) electrons. The van der Waals surface area contributed by atoms with Gasteiger partial charge in [-0.05, 0) is 44.0 Å². The second-order valence-corrected chi connectivity index (χ2v) is 8.88. The summed E-state index contributed by atoms with van der Waals surface area (Å²) in [7, 11) is 5.55. The van der Waals surface area contributed by atoms with Crippen LogP contribution in [-0.4, -0.2) is 70.9 Å². The molecule has 3 heterocycles. The van der Waals surface area contributed by atoms with E-state index in [2.05, 4.69) is 38.3 Å². The molecule has 1 amide bonds. The van der Waals surface area contributed by atoms with Crippen LogP contribution in [0.15, 0.2) is 24.4 Å². The maximum Gasteiger partial charge on any atom is 0.267 e. The van der Waals surface area contributed by atoms with Crippen molar-refractivity contribution in [3.8, 4) is 17.1 Å². The van der Waals surface area contributed by atoms with Crippen LogP contribution in [0.25, 0.3) is 11.4 Å². The van der Waals surface area contributed by atoms with E-state index in [0.29, 0.717) is 17.3 Å². The Kier molecular flexibility index (Phi) is 5.82. The molecule has 3 aromatic rings. The Morgan fingerprint density at radius 2 is 1.91 bits per heavy atom. The molecule has 1 aliphatic carbocycles. The van der Waals surface area contributed by atoms with Gasteiger partial charge in [0.05, 0.1) is 18.5 Å². The van der Waals surface area contributed by atoms with Crippen LogP contribution >= 0.6 is 0 Å². The minimum atomic E-state index is -0.475. The SMILES string of the molecule is COc1cc(N2CCN(C)CC2)ccc1Nc1ncc2c(n1)-c1nn(C)c(C(N)=O)c1CCC2. The first-order chi connectivity index (χ1) is 16.4. The first-order valence-electron chi connectivity index (χ1n) is 11.5. The van der Waals surface area contributed by atoms with E-state index in [9.17, 15) is 4.79 Å². The minimum Gasteiger partial charge on any atom is -0.494 e. The molecule has 1 aromatic carbocycles. The highest BCUT2D eigenvalue weighted by Crippen LogP contribution is 2.35. The minimum absolute atomic E-state index is 0.442. The molecule has 1 aliphatic heterocycles. The third-order valence-corrected chi connectivity index (χ3v) is 6.64. The quantitative estimate of drug-likeness (QED) is 0.592. The van der Waals surface area contributed by atoms with Gasteiger partial charge in [0.15, 0.2) is 0 Å². The van der Waals surface area contributed by atoms with Crippen molar-refractivity contribution in [2.24, 2.45) is 12.8 Å². The van der Waals surface area contributed by atoms with Crippen LogP contribution < -0.4 is 20.7 Å². The number of ether oxygens (including phenoxy) is 1. The second kappa shape index (κ2) is 8.94. The van der Waals surface area contributed by atoms with Gasteiger partial charge in [0.2, 0.25) is 5.95 Å². The van der Waals surface area contributed by atoms with Gasteiger partial charge in [0.1, 0.15) is 17.1 Å². The highest BCUT2D eigenvalue weighted by Gasteiger charge is 2.26. The number of nitrogens with zero attached hydrogens (tertiary/aromatic N) is 6. The molecule has 10 nitrogen and oxygen atoms in total. The number of piperazine rings is 1. The lowest BCUT2D eigenvalue weighted by Crippen LogP contribution is -2.44. The van der Waals surface area contributed by atoms with Crippen molar-refractivity contribution in [1.82, 2.24) is 24.6 Å². The highest BCUT2D eigenvalue weighted by atomic mass is 16.5. The monoisotopic (exact) mass is 462 g/mol. The van der Waals surface area contributed by atoms with Crippen molar-refractivity contribution in [2.75, 3.05) is 50.6 Å². The van der Waals surface area contributed by atoms with Gasteiger partial charge >= 0.3 is 0 Å². The zero-order chi connectivity index (χ0) is 23.8. The van der Waals surface area contributed by atoms with Gasteiger partial charge in [-0.15, -0.1) is 0 Å². The summed E-state index contributed by atoms with van der Waals surface area (Å²) in [4.78, 5) is 26.0. The number of methoxy groups -OCH3 is 1. The van der Waals surface area contributed by atoms with Gasteiger partial charge in [0.25, 0.3) is 5.91 Å². The van der Waals surface area contributed by atoms with Crippen LogP contribution in [0, 0.1) is 0 Å². The van der Waals surface area contributed by atoms with Gasteiger partial charge in [-0.3, -0.25) is 9.48 Å². The van der Waals surface area contributed by atoms with E-state index in [1.165, 1.54) is 0 Å². The van der Waals surface area contributed by atoms with E-state index in [1.54, 1.807) is 18.8 Å². The Hall–Kier alpha value is -3.66. The predicted molar refractivity (Wildman–Crippen MR) is 131 cm³/mol. The number of aryl methyl sites for hydroxylation is 2. The number of anilines is 3. The highest BCUT2D eigenvalue weighted by molar-refractivity contribution is 5.94. The molecule has 3 N–H and O–H groups in total. The summed E-state index contributed by atoms with van der Waals surface area (Å²) >= 11 is 0. The smallest absolute Gasteiger partial charge is 0.267 e. The number of nitrogens with one attached hydrogen (secondary N) is 1. The van der Waals surface area contributed by atoms with Gasteiger partial charge in [-0.2, -0.15) is 5.10 Å². The molecule has 2 aromatic heterocycles. The fourth-order valence-electron chi connectivity index (χ4n) is 4.78. The molecule has 178 valence electrons. The Morgan fingerprint density at radius 3 is 2.65 bits per heavy atom. The normalized spacial score (nSPS) is 15.9. The van der Waals surface area contributed by atoms with E-state index < -0.39 is 5.91 Å². The third-order valence-electron chi connectivity index (χ3n) is 6.64. The van der Waals surface area contributed by atoms with E-state index in [-0.39, 0.29) is 0 Å². The number of fused-ring (bicyclic) bond motifs is 3. The molecule has 1 saturated heterocycles. The lowest BCUT2D eigenvalue weighted by atomic mass is 10.1. The Labute approximate surface area is 198 Å². The molecule has 0 bridgehead atoms. The second-order valence-electron chi connectivity index (χ2n) is 8.88. The maximum atomic E-state index is 12.0. The molecular formula is C24H30N8O2. The molecule has 1 fully saturated rings. The van der Waals surface area contributed by atoms with Crippen LogP contribution in [0.1, 0.15) is 28.0 Å². The van der Waals surface area contributed by atoms with E-state index in [4.69, 9.17) is 15.5 Å². The summed E-state index contributed by atoms with van der Waals surface area (Å²) in [6.45, 7) is 4.05. The molecule has 0 atom stereocenters. The fourth-order valence-corrected chi connectivity index (χ4v) is 4.78. The number of nitrogens with two attached hydrogens (primary N) is 1. The first-order valence-corrected chi connectivity index (χ1v) is 11.5. The van der Waals surface area contributed by atoms with E-state index in [1.807, 2.05) is 18.3 Å². The standard InChI is InChI=1S/C24H30N8O2/c1-30-9-11-32(12-10-30)16-7-8-18(19(13-16)34-3)27-24-26-14-15-5-4-6-17-21(20(15)28-24)29-31(2)22(17)23(25)33/h7-8,13-14H,4-6,9-12H2,1-3H3,(H2,25,33)(H,26,27,28). The van der Waals surface area contributed by atoms with Gasteiger partial charge in [-0.25, -0.2) is 9.97 Å². The Morgan fingerprint density at radius 1 is 1.12 bits per heavy atom. The number of carbonyl (C=O) groups is 1. The summed E-state index contributed by atoms with van der Waals surface area (Å²) in [5.74, 6) is 0.699. The van der Waals surface area contributed by atoms with Crippen molar-refractivity contribution in [3.05, 3.63) is 41.2 Å². The lowest BCUT2D eigenvalue weighted by molar-refractivity contribution is 0.0990. The number of hydrogen-bond donors (Lipinski definition) is 2. The summed E-state index contributed by atoms with van der Waals surface area (Å²) in [6, 6.07) is 6.14. The van der Waals surface area contributed by atoms with Gasteiger partial charge in [-0.1, -0.05) is 0 Å². The van der Waals surface area contributed by atoms with Crippen molar-refractivity contribution in [3.63, 3.8) is 0 Å². The summed E-state index contributed by atoms with van der Waals surface area (Å²) in [5.41, 5.74) is 11.3. The number of likely N-dealkylation sites (N-methyl/N-ethyl adjacent to an activating group) is 1. The predicted octanol–water partition coefficient (Wildman–Crippen LogP) is 1.97. The molecule has 0 spiro atoms. The number of rotatable bonds is 5. The largest absolute Gasteiger partial charge is 0.494 e. The first kappa shape index (κ1) is 22.1. The summed E-state index contributed by atoms with van der Waals surface area (Å²) < 4.78 is 7.24. The maximum absolute atomic E-state index is 12.0. The van der Waals surface area contributed by atoms with Crippen LogP contribution in [0.2, 0.25) is 0 Å². The summed E-state index contributed by atoms with van der Waals surface area (Å²) in [6.07, 6.45) is 4.26. The number of amides is 1. The van der Waals surface area contributed by atoms with Crippen LogP contribution in [-0.2, 0) is 19.9 Å². The number of carbonyl (C=O) groups excluding carboxylic acids is 1. The number of hydrogen-bond acceptors (Lipinski definition) is 8. The number of primary amides is 1. The topological polar surface area (TPSA) is 114 Å². The zero-order valence-electron chi connectivity index (χ0n) is 19.8. The molecular weight excluding hydrogens is 432 g/mol. The molecule has 2 aliphatic rings. The van der Waals surface area contributed by atoms with Crippen molar-refractivity contribution in [1.29, 1.82) is 0 Å². The summed E-state index contributed by atoms with van der Waals surface area (Å²) in [5, 5.41) is 7.89. The molecule has 5 rings (SSSR count). The lowest BCUT2D eigenvalue weighted by Gasteiger charge is -2.34. The van der Waals surface area contributed by atoms with Crippen LogP contribution in [0.5, 0.6) is 5.75 Å². The zero-order valence-corrected chi connectivity index (χ0v) is 19.8. The van der Waals surface area contributed by atoms with Gasteiger partial charge < -0.3 is 25.6 Å². The average molecular weight is 463 g/mol. The Bertz CT molecular complexity index is 1230. The molecule has 34 heavy (non-hydrogen) atoms. The van der Waals surface area contributed by atoms with Crippen molar-refractivity contribution >= 4 is 23.2 Å². The van der Waals surface area contributed by atoms with E-state index >= 15 is 0 Å². The van der Waals surface area contributed by atoms with E-state index in [0.717, 1.165) is 79.4 Å². The Balaban J connectivity index is 1.45. The number of aromatic nitrogens is 4. The van der Waals surface area contributed by atoms with Crippen LogP contribution in [0.3, 0.4) is 0 Å². The fraction of sp³-hybridized carbons (Fsp3) is 0.417. The molecule has 0 unspecified atom stereocenters. The van der Waals surface area contributed by atoms with Crippen LogP contribution in [0.4, 0.5) is 17.3 Å². The molecule has 0 saturated carbocycles. The van der Waals surface area contributed by atoms with Gasteiger partial charge in [0, 0.05) is 56.7 Å². The average Bonchev–Trinajstić information content (AvgIpc) is 3.07. The van der Waals surface area contributed by atoms with Crippen molar-refractivity contribution < 1.29 is 9.53 Å². The van der Waals surface area contributed by atoms with Crippen molar-refractivity contribution in [2.45, 2.75) is 19.3 Å². The number of benzene rings is 1. The molecule has 10 heteroatoms.